The van der Waals surface area contributed by atoms with Crippen molar-refractivity contribution < 1.29 is 0 Å². The highest BCUT2D eigenvalue weighted by Gasteiger charge is 2.54. The third kappa shape index (κ3) is 2.14. The van der Waals surface area contributed by atoms with Crippen LogP contribution >= 0.6 is 24.0 Å². The molecule has 1 aromatic rings. The Bertz CT molecular complexity index is 514. The smallest absolute Gasteiger partial charge is 0.193 e. The molecule has 0 amide bonds. The first kappa shape index (κ1) is 13.2. The highest BCUT2D eigenvalue weighted by Crippen LogP contribution is 2.60. The fourth-order valence-corrected chi connectivity index (χ4v) is 3.69. The first-order valence-corrected chi connectivity index (χ1v) is 6.92. The molecule has 0 bridgehead atoms. The molecule has 3 unspecified atom stereocenters. The van der Waals surface area contributed by atoms with Crippen molar-refractivity contribution in [2.24, 2.45) is 16.8 Å². The van der Waals surface area contributed by atoms with Gasteiger partial charge in [-0.1, -0.05) is 24.3 Å². The maximum atomic E-state index is 4.49. The topological polar surface area (TPSA) is 27.6 Å². The van der Waals surface area contributed by atoms with Crippen LogP contribution in [-0.4, -0.2) is 37.5 Å². The van der Waals surface area contributed by atoms with Crippen LogP contribution in [0, 0.1) is 11.8 Å². The monoisotopic (exact) mass is 369 g/mol. The molecule has 3 nitrogen and oxygen atoms in total. The maximum absolute atomic E-state index is 4.49. The van der Waals surface area contributed by atoms with Crippen LogP contribution in [0.1, 0.15) is 17.0 Å². The SMILES string of the molecule is CN1CCN=C1NCC1C2Cc3ccccc3C12.I. The van der Waals surface area contributed by atoms with Gasteiger partial charge in [0.05, 0.1) is 6.54 Å². The van der Waals surface area contributed by atoms with Gasteiger partial charge in [0.1, 0.15) is 0 Å². The summed E-state index contributed by atoms with van der Waals surface area (Å²) in [6, 6.07) is 8.96. The van der Waals surface area contributed by atoms with Crippen molar-refractivity contribution in [2.75, 3.05) is 26.7 Å². The zero-order valence-electron chi connectivity index (χ0n) is 11.2. The number of hydrogen-bond donors (Lipinski definition) is 1. The van der Waals surface area contributed by atoms with Crippen LogP contribution in [0.2, 0.25) is 0 Å². The van der Waals surface area contributed by atoms with E-state index in [4.69, 9.17) is 0 Å². The molecular weight excluding hydrogens is 349 g/mol. The van der Waals surface area contributed by atoms with Crippen molar-refractivity contribution in [1.82, 2.24) is 10.2 Å². The Kier molecular flexibility index (Phi) is 3.45. The van der Waals surface area contributed by atoms with Crippen LogP contribution in [0.25, 0.3) is 0 Å². The molecule has 1 aliphatic heterocycles. The number of guanidine groups is 1. The summed E-state index contributed by atoms with van der Waals surface area (Å²) < 4.78 is 0. The lowest BCUT2D eigenvalue weighted by Gasteiger charge is -2.16. The number of rotatable bonds is 2. The van der Waals surface area contributed by atoms with Gasteiger partial charge in [-0.05, 0) is 35.3 Å². The van der Waals surface area contributed by atoms with E-state index in [-0.39, 0.29) is 24.0 Å². The minimum atomic E-state index is 0. The second-order valence-electron chi connectivity index (χ2n) is 5.76. The lowest BCUT2D eigenvalue weighted by molar-refractivity contribution is 0.526. The number of likely N-dealkylation sites (N-methyl/N-ethyl adjacent to an activating group) is 1. The summed E-state index contributed by atoms with van der Waals surface area (Å²) in [5, 5.41) is 3.53. The molecule has 4 rings (SSSR count). The van der Waals surface area contributed by atoms with E-state index in [1.807, 2.05) is 0 Å². The van der Waals surface area contributed by atoms with E-state index >= 15 is 0 Å². The number of aliphatic imine (C=N–C) groups is 1. The molecule has 1 aromatic carbocycles. The molecule has 0 aromatic heterocycles. The molecule has 2 aliphatic carbocycles. The van der Waals surface area contributed by atoms with Gasteiger partial charge < -0.3 is 10.2 Å². The Morgan fingerprint density at radius 1 is 1.37 bits per heavy atom. The lowest BCUT2D eigenvalue weighted by Crippen LogP contribution is -2.37. The zero-order chi connectivity index (χ0) is 12.1. The Hall–Kier alpha value is -0.780. The average Bonchev–Trinajstić information content (AvgIpc) is 2.73. The summed E-state index contributed by atoms with van der Waals surface area (Å²) in [4.78, 5) is 6.70. The standard InChI is InChI=1S/C15H19N3.HI/c1-18-7-6-16-15(18)17-9-13-12-8-10-4-2-3-5-11(10)14(12)13;/h2-5,12-14H,6-9H2,1H3,(H,16,17);1H. The van der Waals surface area contributed by atoms with Crippen molar-refractivity contribution in [3.05, 3.63) is 35.4 Å². The summed E-state index contributed by atoms with van der Waals surface area (Å²) in [5.41, 5.74) is 3.19. The van der Waals surface area contributed by atoms with E-state index in [2.05, 4.69) is 46.5 Å². The van der Waals surface area contributed by atoms with E-state index in [1.54, 1.807) is 11.1 Å². The number of fused-ring (bicyclic) bond motifs is 3. The lowest BCUT2D eigenvalue weighted by atomic mass is 10.0. The second kappa shape index (κ2) is 4.96. The summed E-state index contributed by atoms with van der Waals surface area (Å²) >= 11 is 0. The molecule has 0 saturated heterocycles. The molecule has 3 atom stereocenters. The third-order valence-electron chi connectivity index (χ3n) is 4.76. The predicted molar refractivity (Wildman–Crippen MR) is 88.2 cm³/mol. The van der Waals surface area contributed by atoms with Gasteiger partial charge in [-0.15, -0.1) is 24.0 Å². The summed E-state index contributed by atoms with van der Waals surface area (Å²) in [5.74, 6) is 3.63. The van der Waals surface area contributed by atoms with Crippen molar-refractivity contribution in [1.29, 1.82) is 0 Å². The molecule has 19 heavy (non-hydrogen) atoms. The molecule has 4 heteroatoms. The van der Waals surface area contributed by atoms with Crippen LogP contribution in [0.5, 0.6) is 0 Å². The van der Waals surface area contributed by atoms with Gasteiger partial charge in [-0.3, -0.25) is 4.99 Å². The molecular formula is C15H20IN3. The highest BCUT2D eigenvalue weighted by molar-refractivity contribution is 14.0. The van der Waals surface area contributed by atoms with Gasteiger partial charge in [0.25, 0.3) is 0 Å². The number of halogens is 1. The minimum Gasteiger partial charge on any atom is -0.356 e. The Morgan fingerprint density at radius 2 is 2.21 bits per heavy atom. The van der Waals surface area contributed by atoms with Crippen LogP contribution in [-0.2, 0) is 6.42 Å². The first-order chi connectivity index (χ1) is 8.84. The summed E-state index contributed by atoms with van der Waals surface area (Å²) in [6.07, 6.45) is 1.29. The molecule has 1 N–H and O–H groups in total. The highest BCUT2D eigenvalue weighted by atomic mass is 127. The third-order valence-corrected chi connectivity index (χ3v) is 4.76. The Balaban J connectivity index is 0.00000110. The average molecular weight is 369 g/mol. The summed E-state index contributed by atoms with van der Waals surface area (Å²) in [7, 11) is 2.11. The van der Waals surface area contributed by atoms with Crippen LogP contribution in [0.15, 0.2) is 29.3 Å². The molecule has 1 heterocycles. The molecule has 1 saturated carbocycles. The minimum absolute atomic E-state index is 0. The molecule has 0 spiro atoms. The van der Waals surface area contributed by atoms with Crippen molar-refractivity contribution in [3.8, 4) is 0 Å². The van der Waals surface area contributed by atoms with Gasteiger partial charge in [0, 0.05) is 20.1 Å². The van der Waals surface area contributed by atoms with E-state index in [1.165, 1.54) is 6.42 Å². The van der Waals surface area contributed by atoms with Crippen molar-refractivity contribution in [3.63, 3.8) is 0 Å². The van der Waals surface area contributed by atoms with E-state index in [9.17, 15) is 0 Å². The largest absolute Gasteiger partial charge is 0.356 e. The summed E-state index contributed by atoms with van der Waals surface area (Å²) in [6.45, 7) is 3.09. The van der Waals surface area contributed by atoms with E-state index in [0.717, 1.165) is 43.3 Å². The molecule has 102 valence electrons. The molecule has 0 radical (unpaired) electrons. The van der Waals surface area contributed by atoms with Gasteiger partial charge in [-0.25, -0.2) is 0 Å². The van der Waals surface area contributed by atoms with Gasteiger partial charge in [-0.2, -0.15) is 0 Å². The normalized spacial score (nSPS) is 30.3. The Labute approximate surface area is 131 Å². The van der Waals surface area contributed by atoms with Crippen LogP contribution < -0.4 is 5.32 Å². The quantitative estimate of drug-likeness (QED) is 0.809. The fourth-order valence-electron chi connectivity index (χ4n) is 3.69. The van der Waals surface area contributed by atoms with Gasteiger partial charge in [0.2, 0.25) is 0 Å². The molecule has 3 aliphatic rings. The number of nitrogens with one attached hydrogen (secondary N) is 1. The van der Waals surface area contributed by atoms with Gasteiger partial charge in [0.15, 0.2) is 5.96 Å². The van der Waals surface area contributed by atoms with E-state index < -0.39 is 0 Å². The Morgan fingerprint density at radius 3 is 3.00 bits per heavy atom. The van der Waals surface area contributed by atoms with Crippen LogP contribution in [0.4, 0.5) is 0 Å². The van der Waals surface area contributed by atoms with Crippen molar-refractivity contribution >= 4 is 29.9 Å². The number of hydrogen-bond acceptors (Lipinski definition) is 3. The fraction of sp³-hybridized carbons (Fsp3) is 0.533. The predicted octanol–water partition coefficient (Wildman–Crippen LogP) is 2.08. The van der Waals surface area contributed by atoms with E-state index in [0.29, 0.717) is 0 Å². The molecule has 1 fully saturated rings. The zero-order valence-corrected chi connectivity index (χ0v) is 13.5. The number of benzene rings is 1. The maximum Gasteiger partial charge on any atom is 0.193 e. The second-order valence-corrected chi connectivity index (χ2v) is 5.76. The van der Waals surface area contributed by atoms with Gasteiger partial charge >= 0.3 is 0 Å². The van der Waals surface area contributed by atoms with Crippen LogP contribution in [0.3, 0.4) is 0 Å². The number of nitrogens with zero attached hydrogens (tertiary/aromatic N) is 2. The first-order valence-electron chi connectivity index (χ1n) is 6.92. The van der Waals surface area contributed by atoms with Crippen molar-refractivity contribution in [2.45, 2.75) is 12.3 Å².